The molecule has 0 fully saturated rings. The van der Waals surface area contributed by atoms with Crippen molar-refractivity contribution < 1.29 is 18.0 Å². The molecule has 1 atom stereocenters. The molecular formula is C28H31Cl2N3O4S. The number of amides is 2. The van der Waals surface area contributed by atoms with E-state index in [9.17, 15) is 18.0 Å². The molecule has 0 aliphatic heterocycles. The summed E-state index contributed by atoms with van der Waals surface area (Å²) in [5, 5.41) is 3.58. The Balaban J connectivity index is 2.06. The highest BCUT2D eigenvalue weighted by Crippen LogP contribution is 2.29. The number of hydrogen-bond donors (Lipinski definition) is 1. The molecule has 202 valence electrons. The highest BCUT2D eigenvalue weighted by atomic mass is 35.5. The fourth-order valence-corrected chi connectivity index (χ4v) is 5.63. The minimum absolute atomic E-state index is 0.0331. The van der Waals surface area contributed by atoms with Gasteiger partial charge < -0.3 is 10.2 Å². The summed E-state index contributed by atoms with van der Waals surface area (Å²) in [6.07, 6.45) is 0. The maximum absolute atomic E-state index is 13.8. The van der Waals surface area contributed by atoms with Crippen LogP contribution in [0.2, 0.25) is 10.0 Å². The van der Waals surface area contributed by atoms with Gasteiger partial charge in [-0.1, -0.05) is 59.1 Å². The van der Waals surface area contributed by atoms with Gasteiger partial charge in [-0.3, -0.25) is 13.9 Å². The number of aryl methyl sites for hydroxylation is 2. The predicted molar refractivity (Wildman–Crippen MR) is 152 cm³/mol. The molecule has 3 rings (SSSR count). The number of carbonyl (C=O) groups excluding carboxylic acids is 2. The smallest absolute Gasteiger partial charge is 0.264 e. The molecule has 0 saturated carbocycles. The van der Waals surface area contributed by atoms with Gasteiger partial charge in [-0.2, -0.15) is 0 Å². The fourth-order valence-electron chi connectivity index (χ4n) is 3.84. The third-order valence-electron chi connectivity index (χ3n) is 6.09. The molecular weight excluding hydrogens is 545 g/mol. The van der Waals surface area contributed by atoms with Crippen LogP contribution in [0.25, 0.3) is 0 Å². The summed E-state index contributed by atoms with van der Waals surface area (Å²) in [5.41, 5.74) is 2.60. The molecule has 0 unspecified atom stereocenters. The number of sulfonamides is 1. The monoisotopic (exact) mass is 575 g/mol. The standard InChI is InChI=1S/C28H31Cl2N3O4S/c1-5-31-28(35)21(4)32(17-22-7-6-8-23(29)15-22)27(34)18-33(24-12-11-20(3)26(30)16-24)38(36,37)25-13-9-19(2)10-14-25/h6-16,21H,5,17-18H2,1-4H3,(H,31,35)/t21-/m1/s1. The maximum Gasteiger partial charge on any atom is 0.264 e. The van der Waals surface area contributed by atoms with Crippen molar-refractivity contribution in [2.24, 2.45) is 0 Å². The topological polar surface area (TPSA) is 86.8 Å². The SMILES string of the molecule is CCNC(=O)[C@@H](C)N(Cc1cccc(Cl)c1)C(=O)CN(c1ccc(C)c(Cl)c1)S(=O)(=O)c1ccc(C)cc1. The Kier molecular flexibility index (Phi) is 9.82. The Morgan fingerprint density at radius 1 is 0.974 bits per heavy atom. The van der Waals surface area contributed by atoms with E-state index < -0.39 is 28.5 Å². The summed E-state index contributed by atoms with van der Waals surface area (Å²) >= 11 is 12.5. The third kappa shape index (κ3) is 7.07. The molecule has 3 aromatic rings. The first-order valence-corrected chi connectivity index (χ1v) is 14.3. The number of halogens is 2. The van der Waals surface area contributed by atoms with Crippen molar-refractivity contribution in [1.82, 2.24) is 10.2 Å². The van der Waals surface area contributed by atoms with Crippen molar-refractivity contribution in [3.05, 3.63) is 93.5 Å². The van der Waals surface area contributed by atoms with Crippen molar-refractivity contribution in [1.29, 1.82) is 0 Å². The first-order chi connectivity index (χ1) is 17.9. The average Bonchev–Trinajstić information content (AvgIpc) is 2.87. The minimum atomic E-state index is -4.16. The van der Waals surface area contributed by atoms with Crippen molar-refractivity contribution in [3.8, 4) is 0 Å². The van der Waals surface area contributed by atoms with Crippen molar-refractivity contribution in [2.75, 3.05) is 17.4 Å². The van der Waals surface area contributed by atoms with Gasteiger partial charge in [-0.05, 0) is 75.2 Å². The number of nitrogens with zero attached hydrogens (tertiary/aromatic N) is 2. The summed E-state index contributed by atoms with van der Waals surface area (Å²) in [6.45, 7) is 6.95. The number of benzene rings is 3. The highest BCUT2D eigenvalue weighted by Gasteiger charge is 2.32. The molecule has 0 bridgehead atoms. The second kappa shape index (κ2) is 12.7. The third-order valence-corrected chi connectivity index (χ3v) is 8.52. The van der Waals surface area contributed by atoms with Gasteiger partial charge in [0.1, 0.15) is 12.6 Å². The number of anilines is 1. The maximum atomic E-state index is 13.8. The van der Waals surface area contributed by atoms with Gasteiger partial charge in [0.15, 0.2) is 0 Å². The summed E-state index contributed by atoms with van der Waals surface area (Å²) in [7, 11) is -4.16. The number of hydrogen-bond acceptors (Lipinski definition) is 4. The minimum Gasteiger partial charge on any atom is -0.355 e. The average molecular weight is 577 g/mol. The van der Waals surface area contributed by atoms with Crippen LogP contribution < -0.4 is 9.62 Å². The van der Waals surface area contributed by atoms with Gasteiger partial charge in [0.2, 0.25) is 11.8 Å². The summed E-state index contributed by atoms with van der Waals surface area (Å²) in [4.78, 5) is 28.0. The predicted octanol–water partition coefficient (Wildman–Crippen LogP) is 5.36. The molecule has 38 heavy (non-hydrogen) atoms. The molecule has 0 aliphatic carbocycles. The van der Waals surface area contributed by atoms with E-state index in [0.717, 1.165) is 15.4 Å². The molecule has 0 radical (unpaired) electrons. The van der Waals surface area contributed by atoms with Crippen molar-refractivity contribution in [3.63, 3.8) is 0 Å². The summed E-state index contributed by atoms with van der Waals surface area (Å²) in [5.74, 6) is -0.912. The molecule has 2 amide bonds. The quantitative estimate of drug-likeness (QED) is 0.352. The summed E-state index contributed by atoms with van der Waals surface area (Å²) in [6, 6.07) is 17.3. The Morgan fingerprint density at radius 3 is 2.26 bits per heavy atom. The van der Waals surface area contributed by atoms with Gasteiger partial charge >= 0.3 is 0 Å². The molecule has 7 nitrogen and oxygen atoms in total. The molecule has 3 aromatic carbocycles. The summed E-state index contributed by atoms with van der Waals surface area (Å²) < 4.78 is 28.7. The lowest BCUT2D eigenvalue weighted by Crippen LogP contribution is -2.51. The van der Waals surface area contributed by atoms with Gasteiger partial charge in [-0.25, -0.2) is 8.42 Å². The Morgan fingerprint density at radius 2 is 1.66 bits per heavy atom. The second-order valence-corrected chi connectivity index (χ2v) is 11.7. The van der Waals surface area contributed by atoms with E-state index in [4.69, 9.17) is 23.2 Å². The molecule has 0 saturated heterocycles. The van der Waals surface area contributed by atoms with Gasteiger partial charge in [-0.15, -0.1) is 0 Å². The van der Waals surface area contributed by atoms with E-state index in [1.54, 1.807) is 69.3 Å². The van der Waals surface area contributed by atoms with E-state index in [0.29, 0.717) is 22.2 Å². The molecule has 1 N–H and O–H groups in total. The van der Waals surface area contributed by atoms with Crippen LogP contribution in [0.5, 0.6) is 0 Å². The van der Waals surface area contributed by atoms with Crippen LogP contribution >= 0.6 is 23.2 Å². The van der Waals surface area contributed by atoms with Crippen LogP contribution in [-0.4, -0.2) is 44.3 Å². The zero-order chi connectivity index (χ0) is 28.0. The second-order valence-electron chi connectivity index (χ2n) is 8.98. The van der Waals surface area contributed by atoms with E-state index in [-0.39, 0.29) is 23.0 Å². The number of nitrogens with one attached hydrogen (secondary N) is 1. The lowest BCUT2D eigenvalue weighted by Gasteiger charge is -2.32. The van der Waals surface area contributed by atoms with Gasteiger partial charge in [0.25, 0.3) is 10.0 Å². The first-order valence-electron chi connectivity index (χ1n) is 12.1. The van der Waals surface area contributed by atoms with Crippen LogP contribution in [0.3, 0.4) is 0 Å². The van der Waals surface area contributed by atoms with Crippen LogP contribution in [-0.2, 0) is 26.2 Å². The van der Waals surface area contributed by atoms with Crippen LogP contribution in [0.1, 0.15) is 30.5 Å². The lowest BCUT2D eigenvalue weighted by molar-refractivity contribution is -0.139. The molecule has 10 heteroatoms. The Labute approximate surface area is 234 Å². The van der Waals surface area contributed by atoms with E-state index in [1.807, 2.05) is 6.92 Å². The first kappa shape index (κ1) is 29.5. The number of carbonyl (C=O) groups is 2. The van der Waals surface area contributed by atoms with Crippen molar-refractivity contribution >= 4 is 50.7 Å². The van der Waals surface area contributed by atoms with Crippen molar-refractivity contribution in [2.45, 2.75) is 45.2 Å². The molecule has 0 aliphatic rings. The fraction of sp³-hybridized carbons (Fsp3) is 0.286. The Bertz CT molecular complexity index is 1410. The molecule has 0 heterocycles. The van der Waals surface area contributed by atoms with E-state index in [1.165, 1.54) is 23.1 Å². The van der Waals surface area contributed by atoms with Crippen LogP contribution in [0.15, 0.2) is 71.6 Å². The van der Waals surface area contributed by atoms with E-state index in [2.05, 4.69) is 5.32 Å². The zero-order valence-corrected chi connectivity index (χ0v) is 24.1. The molecule has 0 spiro atoms. The van der Waals surface area contributed by atoms with Gasteiger partial charge in [0, 0.05) is 23.1 Å². The Hall–Kier alpha value is -3.07. The van der Waals surface area contributed by atoms with Gasteiger partial charge in [0.05, 0.1) is 10.6 Å². The van der Waals surface area contributed by atoms with Crippen LogP contribution in [0, 0.1) is 13.8 Å². The zero-order valence-electron chi connectivity index (χ0n) is 21.7. The normalized spacial score (nSPS) is 12.1. The highest BCUT2D eigenvalue weighted by molar-refractivity contribution is 7.92. The number of likely N-dealkylation sites (N-methyl/N-ethyl adjacent to an activating group) is 1. The van der Waals surface area contributed by atoms with E-state index >= 15 is 0 Å². The van der Waals surface area contributed by atoms with Crippen LogP contribution in [0.4, 0.5) is 5.69 Å². The largest absolute Gasteiger partial charge is 0.355 e. The number of rotatable bonds is 10. The molecule has 0 aromatic heterocycles. The lowest BCUT2D eigenvalue weighted by atomic mass is 10.1.